The van der Waals surface area contributed by atoms with E-state index >= 15 is 0 Å². The summed E-state index contributed by atoms with van der Waals surface area (Å²) in [6, 6.07) is 0.747. The predicted molar refractivity (Wildman–Crippen MR) is 70.0 cm³/mol. The smallest absolute Gasteiger partial charge is 0.319 e. The normalized spacial score (nSPS) is 30.1. The fraction of sp³-hybridized carbons (Fsp3) is 0.929. The zero-order valence-corrected chi connectivity index (χ0v) is 11.3. The summed E-state index contributed by atoms with van der Waals surface area (Å²) >= 11 is 0. The highest BCUT2D eigenvalue weighted by Gasteiger charge is 2.28. The van der Waals surface area contributed by atoms with E-state index in [1.54, 1.807) is 0 Å². The first-order valence-corrected chi connectivity index (χ1v) is 7.20. The Morgan fingerprint density at radius 1 is 1.12 bits per heavy atom. The second kappa shape index (κ2) is 5.74. The molecule has 1 aliphatic carbocycles. The summed E-state index contributed by atoms with van der Waals surface area (Å²) in [5.41, 5.74) is 0. The number of piperidine rings is 1. The molecule has 0 bridgehead atoms. The maximum Gasteiger partial charge on any atom is 0.319 e. The first kappa shape index (κ1) is 12.7. The number of carbonyl (C=O) groups excluding carboxylic acids is 1. The van der Waals surface area contributed by atoms with Crippen LogP contribution in [0.5, 0.6) is 0 Å². The molecule has 0 aromatic rings. The van der Waals surface area contributed by atoms with Crippen molar-refractivity contribution in [1.82, 2.24) is 9.80 Å². The van der Waals surface area contributed by atoms with Gasteiger partial charge in [-0.25, -0.2) is 4.79 Å². The molecule has 2 aliphatic rings. The lowest BCUT2D eigenvalue weighted by molar-refractivity contribution is 0.119. The summed E-state index contributed by atoms with van der Waals surface area (Å²) in [5.74, 6) is 0.783. The van der Waals surface area contributed by atoms with Crippen LogP contribution in [-0.2, 0) is 0 Å². The van der Waals surface area contributed by atoms with Gasteiger partial charge in [0.15, 0.2) is 0 Å². The molecule has 2 amide bonds. The van der Waals surface area contributed by atoms with Crippen molar-refractivity contribution in [1.29, 1.82) is 0 Å². The van der Waals surface area contributed by atoms with Crippen LogP contribution in [0.15, 0.2) is 0 Å². The van der Waals surface area contributed by atoms with E-state index in [4.69, 9.17) is 0 Å². The summed E-state index contributed by atoms with van der Waals surface area (Å²) in [4.78, 5) is 16.4. The lowest BCUT2D eigenvalue weighted by Crippen LogP contribution is -2.48. The zero-order chi connectivity index (χ0) is 12.3. The lowest BCUT2D eigenvalue weighted by Gasteiger charge is -2.38. The number of carbonyl (C=O) groups is 1. The van der Waals surface area contributed by atoms with E-state index in [1.807, 2.05) is 16.8 Å². The molecule has 0 aromatic carbocycles. The topological polar surface area (TPSA) is 23.6 Å². The number of hydrogen-bond donors (Lipinski definition) is 0. The quantitative estimate of drug-likeness (QED) is 0.688. The highest BCUT2D eigenvalue weighted by atomic mass is 16.2. The first-order chi connectivity index (χ1) is 8.18. The fourth-order valence-corrected chi connectivity index (χ4v) is 3.22. The van der Waals surface area contributed by atoms with E-state index in [9.17, 15) is 4.79 Å². The molecule has 17 heavy (non-hydrogen) atoms. The van der Waals surface area contributed by atoms with Crippen molar-refractivity contribution in [3.05, 3.63) is 0 Å². The number of nitrogens with zero attached hydrogens (tertiary/aromatic N) is 2. The molecule has 0 N–H and O–H groups in total. The Morgan fingerprint density at radius 3 is 2.47 bits per heavy atom. The summed E-state index contributed by atoms with van der Waals surface area (Å²) in [6.07, 6.45) is 8.65. The molecular weight excluding hydrogens is 212 g/mol. The Hall–Kier alpha value is -0.730. The van der Waals surface area contributed by atoms with Gasteiger partial charge in [0.2, 0.25) is 0 Å². The van der Waals surface area contributed by atoms with Crippen LogP contribution in [0.25, 0.3) is 0 Å². The van der Waals surface area contributed by atoms with E-state index < -0.39 is 0 Å². The van der Waals surface area contributed by atoms with Gasteiger partial charge in [-0.3, -0.25) is 0 Å². The third-order valence-electron chi connectivity index (χ3n) is 4.38. The Balaban J connectivity index is 1.89. The molecule has 2 rings (SSSR count). The molecule has 1 aliphatic heterocycles. The molecule has 1 saturated carbocycles. The van der Waals surface area contributed by atoms with Gasteiger partial charge in [-0.2, -0.15) is 0 Å². The van der Waals surface area contributed by atoms with Crippen LogP contribution in [0.1, 0.15) is 51.9 Å². The minimum Gasteiger partial charge on any atom is -0.325 e. The Labute approximate surface area is 105 Å². The van der Waals surface area contributed by atoms with E-state index in [-0.39, 0.29) is 6.03 Å². The van der Waals surface area contributed by atoms with Crippen LogP contribution < -0.4 is 0 Å². The minimum absolute atomic E-state index is 0.267. The average Bonchev–Trinajstić information content (AvgIpc) is 2.38. The molecule has 0 radical (unpaired) electrons. The molecule has 3 nitrogen and oxygen atoms in total. The summed E-state index contributed by atoms with van der Waals surface area (Å²) in [6.45, 7) is 4.24. The van der Waals surface area contributed by atoms with Crippen molar-refractivity contribution in [2.75, 3.05) is 20.1 Å². The van der Waals surface area contributed by atoms with Crippen LogP contribution in [0.4, 0.5) is 4.79 Å². The second-order valence-electron chi connectivity index (χ2n) is 5.87. The third-order valence-corrected chi connectivity index (χ3v) is 4.38. The molecule has 0 aromatic heterocycles. The van der Waals surface area contributed by atoms with Crippen molar-refractivity contribution in [3.8, 4) is 0 Å². The maximum atomic E-state index is 12.4. The van der Waals surface area contributed by atoms with E-state index in [2.05, 4.69) is 6.92 Å². The van der Waals surface area contributed by atoms with Crippen LogP contribution in [0, 0.1) is 5.92 Å². The Morgan fingerprint density at radius 2 is 1.82 bits per heavy atom. The zero-order valence-electron chi connectivity index (χ0n) is 11.3. The summed E-state index contributed by atoms with van der Waals surface area (Å²) in [7, 11) is 2.00. The minimum atomic E-state index is 0.267. The van der Waals surface area contributed by atoms with E-state index in [1.165, 1.54) is 44.9 Å². The van der Waals surface area contributed by atoms with E-state index in [0.29, 0.717) is 6.04 Å². The second-order valence-corrected chi connectivity index (χ2v) is 5.87. The standard InChI is InChI=1S/C14H26N2O/c1-12-7-6-8-13(11-12)15(2)14(17)16-9-4-3-5-10-16/h12-13H,3-11H2,1-2H3. The maximum absolute atomic E-state index is 12.4. The highest BCUT2D eigenvalue weighted by molar-refractivity contribution is 5.74. The van der Waals surface area contributed by atoms with Crippen molar-refractivity contribution in [2.24, 2.45) is 5.92 Å². The molecule has 2 atom stereocenters. The van der Waals surface area contributed by atoms with Crippen LogP contribution in [0.2, 0.25) is 0 Å². The third kappa shape index (κ3) is 3.14. The van der Waals surface area contributed by atoms with Crippen molar-refractivity contribution in [2.45, 2.75) is 57.9 Å². The summed E-state index contributed by atoms with van der Waals surface area (Å²) in [5, 5.41) is 0. The van der Waals surface area contributed by atoms with Gasteiger partial charge < -0.3 is 9.80 Å². The van der Waals surface area contributed by atoms with Gasteiger partial charge in [-0.1, -0.05) is 19.8 Å². The van der Waals surface area contributed by atoms with Crippen LogP contribution in [0.3, 0.4) is 0 Å². The largest absolute Gasteiger partial charge is 0.325 e. The van der Waals surface area contributed by atoms with Gasteiger partial charge in [-0.15, -0.1) is 0 Å². The molecule has 2 unspecified atom stereocenters. The van der Waals surface area contributed by atoms with Gasteiger partial charge in [0, 0.05) is 26.2 Å². The molecule has 1 heterocycles. The number of rotatable bonds is 1. The van der Waals surface area contributed by atoms with E-state index in [0.717, 1.165) is 19.0 Å². The Kier molecular flexibility index (Phi) is 4.30. The number of likely N-dealkylation sites (tertiary alicyclic amines) is 1. The fourth-order valence-electron chi connectivity index (χ4n) is 3.22. The molecule has 98 valence electrons. The van der Waals surface area contributed by atoms with Crippen LogP contribution in [-0.4, -0.2) is 42.0 Å². The van der Waals surface area contributed by atoms with Crippen molar-refractivity contribution >= 4 is 6.03 Å². The number of urea groups is 1. The van der Waals surface area contributed by atoms with Crippen LogP contribution >= 0.6 is 0 Å². The summed E-state index contributed by atoms with van der Waals surface area (Å²) < 4.78 is 0. The molecule has 3 heteroatoms. The first-order valence-electron chi connectivity index (χ1n) is 7.20. The Bertz CT molecular complexity index is 261. The van der Waals surface area contributed by atoms with Crippen molar-refractivity contribution < 1.29 is 4.79 Å². The number of hydrogen-bond acceptors (Lipinski definition) is 1. The van der Waals surface area contributed by atoms with Crippen molar-refractivity contribution in [3.63, 3.8) is 0 Å². The monoisotopic (exact) mass is 238 g/mol. The van der Waals surface area contributed by atoms with Gasteiger partial charge in [0.05, 0.1) is 0 Å². The molecule has 2 fully saturated rings. The molecular formula is C14H26N2O. The molecule has 1 saturated heterocycles. The number of amides is 2. The van der Waals surface area contributed by atoms with Gasteiger partial charge in [0.1, 0.15) is 0 Å². The van der Waals surface area contributed by atoms with Gasteiger partial charge in [-0.05, 0) is 38.0 Å². The lowest BCUT2D eigenvalue weighted by atomic mass is 9.86. The van der Waals surface area contributed by atoms with Gasteiger partial charge in [0.25, 0.3) is 0 Å². The average molecular weight is 238 g/mol. The van der Waals surface area contributed by atoms with Gasteiger partial charge >= 0.3 is 6.03 Å². The SMILES string of the molecule is CC1CCCC(N(C)C(=O)N2CCCCC2)C1. The molecule has 0 spiro atoms. The highest BCUT2D eigenvalue weighted by Crippen LogP contribution is 2.27. The predicted octanol–water partition coefficient (Wildman–Crippen LogP) is 3.10.